The summed E-state index contributed by atoms with van der Waals surface area (Å²) in [7, 11) is 16.7. The first-order chi connectivity index (χ1) is 17.2. The summed E-state index contributed by atoms with van der Waals surface area (Å²) in [6, 6.07) is 13.2. The molecule has 6 radical (unpaired) electrons. The van der Waals surface area contributed by atoms with Crippen molar-refractivity contribution in [1.82, 2.24) is 15.3 Å². The molecule has 0 saturated heterocycles. The molecule has 0 fully saturated rings. The quantitative estimate of drug-likeness (QED) is 0.216. The number of rotatable bonds is 9. The number of aromatic nitrogens is 2. The van der Waals surface area contributed by atoms with E-state index in [1.54, 1.807) is 24.5 Å². The van der Waals surface area contributed by atoms with Crippen LogP contribution in [0.2, 0.25) is 0 Å². The van der Waals surface area contributed by atoms with Crippen LogP contribution < -0.4 is 15.5 Å². The second-order valence-electron chi connectivity index (χ2n) is 7.99. The van der Waals surface area contributed by atoms with E-state index in [0.29, 0.717) is 30.3 Å². The molecule has 0 spiro atoms. The molecule has 0 bridgehead atoms. The van der Waals surface area contributed by atoms with Crippen molar-refractivity contribution in [2.75, 3.05) is 16.8 Å². The molecular weight excluding hydrogens is 447 g/mol. The number of amides is 2. The number of benzene rings is 2. The van der Waals surface area contributed by atoms with Crippen LogP contribution in [0.25, 0.3) is 16.5 Å². The summed E-state index contributed by atoms with van der Waals surface area (Å²) in [5, 5.41) is 6.37. The summed E-state index contributed by atoms with van der Waals surface area (Å²) in [5.74, 6) is -0.0545. The van der Waals surface area contributed by atoms with E-state index in [0.717, 1.165) is 27.6 Å². The maximum atomic E-state index is 12.6. The summed E-state index contributed by atoms with van der Waals surface area (Å²) >= 11 is 0. The molecule has 0 aliphatic carbocycles. The van der Waals surface area contributed by atoms with Crippen LogP contribution in [0.5, 0.6) is 0 Å². The van der Waals surface area contributed by atoms with Gasteiger partial charge in [0, 0.05) is 35.7 Å². The second kappa shape index (κ2) is 12.1. The summed E-state index contributed by atoms with van der Waals surface area (Å²) in [6.45, 7) is 6.20. The minimum Gasteiger partial charge on any atom is -0.335 e. The SMILES string of the molecule is [B]C([B])=C([B])C(=O)N(CC)c1cccc(Nc2ncc3cc(/C(C)=C(C)/C=C\NC=O)ccc3n2)c1. The van der Waals surface area contributed by atoms with Crippen molar-refractivity contribution in [2.24, 2.45) is 0 Å². The summed E-state index contributed by atoms with van der Waals surface area (Å²) in [5.41, 5.74) is 5.03. The Balaban J connectivity index is 1.84. The monoisotopic (exact) mass is 471 g/mol. The number of carbonyl (C=O) groups excluding carboxylic acids is 2. The number of hydrogen-bond acceptors (Lipinski definition) is 5. The van der Waals surface area contributed by atoms with Gasteiger partial charge in [-0.1, -0.05) is 17.6 Å². The first kappa shape index (κ1) is 26.5. The summed E-state index contributed by atoms with van der Waals surface area (Å²) in [6.07, 6.45) is 5.81. The van der Waals surface area contributed by atoms with Gasteiger partial charge in [-0.05, 0) is 73.9 Å². The fourth-order valence-electron chi connectivity index (χ4n) is 3.48. The van der Waals surface area contributed by atoms with Gasteiger partial charge in [-0.15, -0.1) is 0 Å². The predicted octanol–water partition coefficient (Wildman–Crippen LogP) is 3.45. The van der Waals surface area contributed by atoms with Crippen LogP contribution in [0.1, 0.15) is 26.3 Å². The van der Waals surface area contributed by atoms with E-state index in [4.69, 9.17) is 23.5 Å². The fraction of sp³-hybridized carbons (Fsp3) is 0.154. The molecule has 174 valence electrons. The summed E-state index contributed by atoms with van der Waals surface area (Å²) < 4.78 is 0. The molecule has 0 aliphatic rings. The number of carbonyl (C=O) groups is 2. The van der Waals surface area contributed by atoms with Gasteiger partial charge < -0.3 is 15.5 Å². The van der Waals surface area contributed by atoms with E-state index >= 15 is 0 Å². The third-order valence-electron chi connectivity index (χ3n) is 5.62. The Hall–Kier alpha value is -4.07. The van der Waals surface area contributed by atoms with Crippen LogP contribution in [-0.2, 0) is 9.59 Å². The van der Waals surface area contributed by atoms with Crippen molar-refractivity contribution in [2.45, 2.75) is 20.8 Å². The van der Waals surface area contributed by atoms with Gasteiger partial charge in [0.25, 0.3) is 0 Å². The third-order valence-corrected chi connectivity index (χ3v) is 5.62. The molecule has 0 atom stereocenters. The Bertz CT molecular complexity index is 1380. The standard InChI is InChI=1S/C26H24B3N5O2/c1-4-34(25(36)23(27)24(28)29)21-7-5-6-20(13-21)32-26-31-14-19-12-18(8-9-22(19)33-26)17(3)16(2)10-11-30-15-35/h5-15H,4H2,1-3H3,(H,30,35)(H,31,32,33)/b11-10-,17-16+. The van der Waals surface area contributed by atoms with Gasteiger partial charge in [-0.25, -0.2) is 9.97 Å². The molecular formula is C26H24B3N5O2. The lowest BCUT2D eigenvalue weighted by Crippen LogP contribution is -2.32. The molecule has 36 heavy (non-hydrogen) atoms. The maximum Gasteiger partial charge on any atom is 0.242 e. The molecule has 2 amide bonds. The van der Waals surface area contributed by atoms with E-state index < -0.39 is 5.91 Å². The number of allylic oxidation sites excluding steroid dienone is 3. The minimum absolute atomic E-state index is 0.193. The Labute approximate surface area is 215 Å². The molecule has 0 unspecified atom stereocenters. The Morgan fingerprint density at radius 3 is 2.58 bits per heavy atom. The van der Waals surface area contributed by atoms with Crippen LogP contribution in [0.15, 0.2) is 77.4 Å². The number of nitrogens with one attached hydrogen (secondary N) is 2. The molecule has 10 heteroatoms. The maximum absolute atomic E-state index is 12.6. The second-order valence-corrected chi connectivity index (χ2v) is 7.99. The first-order valence-electron chi connectivity index (χ1n) is 11.3. The van der Waals surface area contributed by atoms with Gasteiger partial charge >= 0.3 is 0 Å². The van der Waals surface area contributed by atoms with E-state index in [2.05, 4.69) is 20.6 Å². The zero-order valence-electron chi connectivity index (χ0n) is 20.4. The van der Waals surface area contributed by atoms with Gasteiger partial charge in [-0.3, -0.25) is 9.59 Å². The van der Waals surface area contributed by atoms with Crippen LogP contribution in [0.4, 0.5) is 17.3 Å². The highest BCUT2D eigenvalue weighted by atomic mass is 16.2. The average molecular weight is 471 g/mol. The van der Waals surface area contributed by atoms with Gasteiger partial charge in [0.05, 0.1) is 21.2 Å². The van der Waals surface area contributed by atoms with Crippen LogP contribution in [-0.4, -0.2) is 52.4 Å². The molecule has 3 rings (SSSR count). The molecule has 1 aromatic heterocycles. The van der Waals surface area contributed by atoms with E-state index in [1.165, 1.54) is 4.90 Å². The predicted molar refractivity (Wildman–Crippen MR) is 148 cm³/mol. The van der Waals surface area contributed by atoms with Gasteiger partial charge in [0.15, 0.2) is 0 Å². The topological polar surface area (TPSA) is 87.2 Å². The number of anilines is 3. The Morgan fingerprint density at radius 1 is 1.11 bits per heavy atom. The number of hydrogen-bond donors (Lipinski definition) is 2. The van der Waals surface area contributed by atoms with Crippen molar-refractivity contribution in [1.29, 1.82) is 0 Å². The molecule has 0 aliphatic heterocycles. The lowest BCUT2D eigenvalue weighted by atomic mass is 9.69. The Morgan fingerprint density at radius 2 is 1.89 bits per heavy atom. The van der Waals surface area contributed by atoms with E-state index in [9.17, 15) is 9.59 Å². The zero-order chi connectivity index (χ0) is 26.2. The number of nitrogens with zero attached hydrogens (tertiary/aromatic N) is 3. The fourth-order valence-corrected chi connectivity index (χ4v) is 3.48. The van der Waals surface area contributed by atoms with Gasteiger partial charge in [0.2, 0.25) is 18.3 Å². The first-order valence-corrected chi connectivity index (χ1v) is 11.3. The van der Waals surface area contributed by atoms with Crippen LogP contribution >= 0.6 is 0 Å². The molecule has 7 nitrogen and oxygen atoms in total. The van der Waals surface area contributed by atoms with Crippen molar-refractivity contribution in [3.8, 4) is 0 Å². The van der Waals surface area contributed by atoms with Crippen molar-refractivity contribution in [3.05, 3.63) is 82.9 Å². The van der Waals surface area contributed by atoms with Crippen molar-refractivity contribution >= 4 is 69.7 Å². The van der Waals surface area contributed by atoms with Gasteiger partial charge in [-0.2, -0.15) is 5.37 Å². The molecule has 2 N–H and O–H groups in total. The molecule has 2 aromatic carbocycles. The number of likely N-dealkylation sites (N-methyl/N-ethyl adjacent to an activating group) is 1. The normalized spacial score (nSPS) is 11.6. The minimum atomic E-state index is -0.470. The lowest BCUT2D eigenvalue weighted by molar-refractivity contribution is -0.114. The third kappa shape index (κ3) is 6.33. The van der Waals surface area contributed by atoms with E-state index in [1.807, 2.05) is 57.2 Å². The van der Waals surface area contributed by atoms with Crippen molar-refractivity contribution < 1.29 is 9.59 Å². The molecule has 1 heterocycles. The van der Waals surface area contributed by atoms with Crippen LogP contribution in [0.3, 0.4) is 0 Å². The average Bonchev–Trinajstić information content (AvgIpc) is 2.88. The summed E-state index contributed by atoms with van der Waals surface area (Å²) in [4.78, 5) is 33.6. The van der Waals surface area contributed by atoms with Gasteiger partial charge in [0.1, 0.15) is 7.85 Å². The highest BCUT2D eigenvalue weighted by molar-refractivity contribution is 6.56. The van der Waals surface area contributed by atoms with Crippen LogP contribution in [0, 0.1) is 0 Å². The Kier molecular flexibility index (Phi) is 8.89. The zero-order valence-corrected chi connectivity index (χ0v) is 20.4. The smallest absolute Gasteiger partial charge is 0.242 e. The lowest BCUT2D eigenvalue weighted by Gasteiger charge is -2.23. The molecule has 0 saturated carbocycles. The highest BCUT2D eigenvalue weighted by Gasteiger charge is 2.16. The molecule has 3 aromatic rings. The van der Waals surface area contributed by atoms with E-state index in [-0.39, 0.29) is 10.8 Å². The van der Waals surface area contributed by atoms with Crippen molar-refractivity contribution in [3.63, 3.8) is 0 Å². The largest absolute Gasteiger partial charge is 0.335 e. The number of fused-ring (bicyclic) bond motifs is 1. The highest BCUT2D eigenvalue weighted by Crippen LogP contribution is 2.25.